The fourth-order valence-electron chi connectivity index (χ4n) is 9.60. The Labute approximate surface area is 848 Å². The first-order valence-corrected chi connectivity index (χ1v) is 47.6. The van der Waals surface area contributed by atoms with E-state index in [-0.39, 0.29) is 149 Å². The number of nitro groups is 5. The fraction of sp³-hybridized carbons (Fsp3) is 0.533. The zero-order chi connectivity index (χ0) is 108. The first-order valence-electron chi connectivity index (χ1n) is 45.0. The molecular formula is C92H137BrFN11O39S. The summed E-state index contributed by atoms with van der Waals surface area (Å²) in [6.07, 6.45) is 3.72. The molecule has 53 heteroatoms. The number of carboxylic acid groups (broad SMARTS) is 1. The van der Waals surface area contributed by atoms with Gasteiger partial charge >= 0.3 is 46.6 Å². The lowest BCUT2D eigenvalue weighted by molar-refractivity contribution is -0.387. The lowest BCUT2D eigenvalue weighted by atomic mass is 10.2. The van der Waals surface area contributed by atoms with Gasteiger partial charge in [-0.2, -0.15) is 12.8 Å². The summed E-state index contributed by atoms with van der Waals surface area (Å²) in [5, 5.41) is 86.6. The van der Waals surface area contributed by atoms with E-state index in [2.05, 4.69) is 37.0 Å². The highest BCUT2D eigenvalue weighted by molar-refractivity contribution is 9.10. The van der Waals surface area contributed by atoms with Crippen molar-refractivity contribution >= 4 is 84.1 Å². The van der Waals surface area contributed by atoms with Gasteiger partial charge in [0.1, 0.15) is 54.6 Å². The van der Waals surface area contributed by atoms with E-state index >= 15 is 0 Å². The Kier molecular flexibility index (Phi) is 75.9. The van der Waals surface area contributed by atoms with Crippen molar-refractivity contribution in [1.82, 2.24) is 19.8 Å². The average Bonchev–Trinajstić information content (AvgIpc) is 0.880. The first-order chi connectivity index (χ1) is 69.1. The fourth-order valence-corrected chi connectivity index (χ4v) is 10.3. The van der Waals surface area contributed by atoms with Gasteiger partial charge in [0.15, 0.2) is 34.5 Å². The predicted molar refractivity (Wildman–Crippen MR) is 529 cm³/mol. The van der Waals surface area contributed by atoms with Gasteiger partial charge < -0.3 is 132 Å². The lowest BCUT2D eigenvalue weighted by Gasteiger charge is -2.24. The van der Waals surface area contributed by atoms with Gasteiger partial charge in [0, 0.05) is 64.1 Å². The van der Waals surface area contributed by atoms with Crippen LogP contribution in [0.1, 0.15) is 71.8 Å². The molecule has 814 valence electrons. The predicted octanol–water partition coefficient (Wildman–Crippen LogP) is 11.5. The molecule has 8 N–H and O–H groups in total. The normalized spacial score (nSPS) is 10.7. The van der Waals surface area contributed by atoms with Gasteiger partial charge in [-0.05, 0) is 106 Å². The topological polar surface area (TPSA) is 651 Å². The molecule has 0 saturated carbocycles. The molecule has 50 nitrogen and oxygen atoms in total. The summed E-state index contributed by atoms with van der Waals surface area (Å²) >= 11 is 2.97. The molecule has 0 atom stereocenters. The van der Waals surface area contributed by atoms with Crippen LogP contribution >= 0.6 is 15.9 Å². The Morgan fingerprint density at radius 1 is 0.393 bits per heavy atom. The van der Waals surface area contributed by atoms with Crippen LogP contribution in [0.2, 0.25) is 0 Å². The van der Waals surface area contributed by atoms with E-state index in [1.807, 2.05) is 59.7 Å². The van der Waals surface area contributed by atoms with Crippen LogP contribution in [0.5, 0.6) is 28.7 Å². The van der Waals surface area contributed by atoms with Crippen molar-refractivity contribution in [2.75, 3.05) is 263 Å². The van der Waals surface area contributed by atoms with E-state index in [1.54, 1.807) is 86.9 Å². The highest BCUT2D eigenvalue weighted by Gasteiger charge is 2.23. The number of aromatic carboxylic acids is 1. The second-order valence-corrected chi connectivity index (χ2v) is 32.8. The smallest absolute Gasteiger partial charge is 0.410 e. The number of amides is 2. The molecule has 7 aromatic rings. The van der Waals surface area contributed by atoms with Crippen molar-refractivity contribution in [1.29, 1.82) is 0 Å². The third-order valence-corrected chi connectivity index (χ3v) is 17.3. The first kappa shape index (κ1) is 133. The number of likely N-dealkylation sites (N-methyl/N-ethyl adjacent to an activating group) is 2. The largest absolute Gasteiger partial charge is 0.489 e. The van der Waals surface area contributed by atoms with Crippen molar-refractivity contribution in [3.8, 4) is 28.7 Å². The van der Waals surface area contributed by atoms with Crippen LogP contribution in [0.25, 0.3) is 0 Å². The monoisotopic (exact) mass is 2150 g/mol. The zero-order valence-corrected chi connectivity index (χ0v) is 85.4. The van der Waals surface area contributed by atoms with Crippen molar-refractivity contribution in [2.24, 2.45) is 0 Å². The number of ether oxygens (including phenoxy) is 19. The highest BCUT2D eigenvalue weighted by Crippen LogP contribution is 2.30. The van der Waals surface area contributed by atoms with E-state index in [9.17, 15) is 77.8 Å². The minimum Gasteiger partial charge on any atom is -0.489 e. The molecule has 0 aliphatic carbocycles. The van der Waals surface area contributed by atoms with E-state index in [4.69, 9.17) is 122 Å². The SMILES string of the molecule is CCCCOCCOCCOc1ccccc1[N+](=O)[O-].CN(CCOCCOCCOc1ccccc1N)C(=O)OC(C)(C)C.CN(CCOCCOCCOc1ccccc1[N+](=O)[O-])C(=O)OC(C)(C)C.CS(=O)(=O)OCCOCCOCCOc1ccccc1[N+](=O)[O-].Nc1ncc(Br)nc1C(=O)O.O=[N+]([O-])c1ccccc1F.O=[N+]([O-])c1ccccc1OCCOCCOCCO.OCCOCCOCCO. The van der Waals surface area contributed by atoms with Crippen molar-refractivity contribution in [3.05, 3.63) is 218 Å². The molecule has 1 aromatic heterocycles. The number of rotatable bonds is 63. The van der Waals surface area contributed by atoms with Crippen molar-refractivity contribution in [2.45, 2.75) is 72.5 Å². The van der Waals surface area contributed by atoms with Crippen LogP contribution in [0.15, 0.2) is 156 Å². The summed E-state index contributed by atoms with van der Waals surface area (Å²) in [5.74, 6) is -0.507. The van der Waals surface area contributed by atoms with Gasteiger partial charge in [0.25, 0.3) is 10.1 Å². The maximum absolute atomic E-state index is 12.4. The summed E-state index contributed by atoms with van der Waals surface area (Å²) in [7, 11) is -0.113. The molecule has 0 aliphatic heterocycles. The third-order valence-electron chi connectivity index (χ3n) is 16.3. The van der Waals surface area contributed by atoms with Crippen LogP contribution in [0.4, 0.5) is 53.9 Å². The lowest BCUT2D eigenvalue weighted by Crippen LogP contribution is -2.36. The number of aliphatic hydroxyl groups excluding tert-OH is 3. The standard InChI is InChI=1S/C18H28N2O7.C18H30N2O5.C14H21NO5.C13H19NO8S.C12H17NO6.C6H4FNO2.C6H14O4.C5H4BrN3O2/c1-18(2,3)27-17(21)19(4)9-10-24-11-12-25-13-14-26-16-8-6-5-7-15(16)20(22)23;1-18(2,3)25-17(21)20(4)9-10-22-11-12-23-13-14-24-16-8-6-5-7-15(16)19;1-2-3-8-18-9-10-19-11-12-20-14-7-5-4-6-13(14)15(16)17;1-23(17,18)22-11-9-20-7-6-19-8-10-21-13-5-3-2-4-12(13)14(15)16;14-5-6-17-7-8-18-9-10-19-12-4-2-1-3-11(12)13(15)16;7-5-3-1-2-4-6(5)8(9)10;7-1-3-9-5-6-10-4-2-8;6-2-1-8-4(7)3(9-2)5(10)11/h5-8H,9-14H2,1-4H3;5-8H,9-14,19H2,1-4H3;4-7H,2-3,8-12H2,1H3;2-5H,6-11H2,1H3;1-4,14H,5-10H2;1-4H;7-8H,1-6H2;1H,(H2,7,8)(H,10,11). The molecule has 7 rings (SSSR count). The summed E-state index contributed by atoms with van der Waals surface area (Å²) in [4.78, 5) is 94.4. The molecule has 6 aromatic carbocycles. The van der Waals surface area contributed by atoms with Crippen LogP contribution < -0.4 is 35.2 Å². The Balaban J connectivity index is 0.00000167. The van der Waals surface area contributed by atoms with E-state index in [0.717, 1.165) is 37.8 Å². The minimum absolute atomic E-state index is 0.0131. The van der Waals surface area contributed by atoms with Crippen molar-refractivity contribution < 1.29 is 166 Å². The molecule has 0 saturated heterocycles. The number of anilines is 2. The highest BCUT2D eigenvalue weighted by atomic mass is 79.9. The maximum Gasteiger partial charge on any atom is 0.410 e. The number of aromatic nitrogens is 2. The number of nitrogens with two attached hydrogens (primary N) is 2. The van der Waals surface area contributed by atoms with Crippen LogP contribution in [-0.4, -0.2) is 354 Å². The van der Waals surface area contributed by atoms with Crippen LogP contribution in [0.3, 0.4) is 0 Å². The van der Waals surface area contributed by atoms with Gasteiger partial charge in [-0.15, -0.1) is 0 Å². The van der Waals surface area contributed by atoms with Crippen LogP contribution in [0, 0.1) is 56.4 Å². The number of unbranched alkanes of at least 4 members (excludes halogenated alkanes) is 1. The molecule has 0 bridgehead atoms. The Hall–Kier alpha value is -12.3. The molecule has 0 aliphatic rings. The Bertz CT molecular complexity index is 4800. The maximum atomic E-state index is 12.4. The molecule has 0 fully saturated rings. The van der Waals surface area contributed by atoms with Gasteiger partial charge in [0.2, 0.25) is 5.82 Å². The summed E-state index contributed by atoms with van der Waals surface area (Å²) in [6, 6.07) is 37.1. The molecule has 1 heterocycles. The van der Waals surface area contributed by atoms with E-state index in [0.29, 0.717) is 155 Å². The number of halogens is 2. The minimum atomic E-state index is -3.44. The molecule has 0 unspecified atom stereocenters. The number of carbonyl (C=O) groups excluding carboxylic acids is 2. The number of para-hydroxylation sites is 11. The number of nitrogen functional groups attached to an aromatic ring is 2. The van der Waals surface area contributed by atoms with Gasteiger partial charge in [-0.3, -0.25) is 54.8 Å². The summed E-state index contributed by atoms with van der Waals surface area (Å²) in [5.41, 5.74) is 9.60. The number of nitro benzene ring substituents is 5. The number of hydrogen-bond donors (Lipinski definition) is 6. The van der Waals surface area contributed by atoms with Gasteiger partial charge in [-0.25, -0.2) is 24.4 Å². The summed E-state index contributed by atoms with van der Waals surface area (Å²) < 4.78 is 138. The van der Waals surface area contributed by atoms with Gasteiger partial charge in [-0.1, -0.05) is 86.1 Å². The summed E-state index contributed by atoms with van der Waals surface area (Å²) in [6.45, 7) is 24.6. The average molecular weight is 2150 g/mol. The number of carboxylic acids is 1. The zero-order valence-electron chi connectivity index (χ0n) is 83.0. The van der Waals surface area contributed by atoms with Gasteiger partial charge in [0.05, 0.1) is 221 Å². The van der Waals surface area contributed by atoms with E-state index < -0.39 is 69.5 Å². The molecule has 2 amide bonds. The quantitative estimate of drug-likeness (QED) is 0.00678. The number of nitrogens with zero attached hydrogens (tertiary/aromatic N) is 9. The second kappa shape index (κ2) is 83.0. The third kappa shape index (κ3) is 72.6. The molecule has 0 spiro atoms. The number of carbonyl (C=O) groups is 3. The molecule has 145 heavy (non-hydrogen) atoms. The number of benzene rings is 6. The Morgan fingerprint density at radius 3 is 0.910 bits per heavy atom. The van der Waals surface area contributed by atoms with Crippen molar-refractivity contribution in [3.63, 3.8) is 0 Å². The molecular weight excluding hydrogens is 2010 g/mol. The Morgan fingerprint density at radius 2 is 0.648 bits per heavy atom. The molecule has 0 radical (unpaired) electrons. The second-order valence-electron chi connectivity index (χ2n) is 30.3. The van der Waals surface area contributed by atoms with E-state index in [1.165, 1.54) is 58.5 Å². The number of aliphatic hydroxyl groups is 3. The number of hydrogen-bond acceptors (Lipinski definition) is 42. The van der Waals surface area contributed by atoms with Crippen LogP contribution in [-0.2, 0) is 80.6 Å².